The van der Waals surface area contributed by atoms with Gasteiger partial charge in [0.05, 0.1) is 0 Å². The predicted molar refractivity (Wildman–Crippen MR) is 208 cm³/mol. The number of hydrogen-bond acceptors (Lipinski definition) is 13. The van der Waals surface area contributed by atoms with Crippen molar-refractivity contribution in [2.45, 2.75) is 90.3 Å². The molecule has 0 aliphatic carbocycles. The molecule has 59 heavy (non-hydrogen) atoms. The SMILES string of the molecule is CC(Cl)OC(=O)N1CCC[C@H]1Cc1ccccc1.Cc1ccc(C(=O)O)o1.Cc1ccc(C(=O)OC(C)OC(=O)N2CCC[C@H]2C(=O)OCc2ccccc2)o1.O=C=O. The summed E-state index contributed by atoms with van der Waals surface area (Å²) in [5.74, 6) is -1.05. The van der Waals surface area contributed by atoms with Gasteiger partial charge in [-0.05, 0) is 88.3 Å². The number of carbonyl (C=O) groups excluding carboxylic acids is 6. The van der Waals surface area contributed by atoms with Crippen molar-refractivity contribution in [3.05, 3.63) is 119 Å². The lowest BCUT2D eigenvalue weighted by Gasteiger charge is -2.24. The average molecular weight is 839 g/mol. The first-order chi connectivity index (χ1) is 28.2. The molecule has 4 heterocycles. The molecule has 2 saturated heterocycles. The maximum absolute atomic E-state index is 12.4. The van der Waals surface area contributed by atoms with Crippen molar-refractivity contribution in [2.75, 3.05) is 13.1 Å². The Morgan fingerprint density at radius 3 is 1.80 bits per heavy atom. The quantitative estimate of drug-likeness (QED) is 0.0708. The van der Waals surface area contributed by atoms with Crippen LogP contribution in [0.5, 0.6) is 0 Å². The van der Waals surface area contributed by atoms with Gasteiger partial charge >= 0.3 is 36.2 Å². The standard InChI is InChI=1S/C21H23NO7.C14H18ClNO2.C6H6O3.CO2/c1-14-10-11-18(27-14)20(24)28-15(2)29-21(25)22-12-6-9-17(22)19(23)26-13-16-7-4-3-5-8-16;1-11(15)18-14(17)16-9-5-8-13(16)10-12-6-3-2-4-7-12;1-4-2-3-5(9-4)6(7)8;2-1-3/h3-5,7-8,10-11,15,17H,6,9,12-13H2,1-2H3;2-4,6-7,11,13H,5,8-10H2,1H3;2-3H,1H3,(H,7,8);/t15?,17-;11?,13-;;/m00../s1. The molecular weight excluding hydrogens is 792 g/mol. The fourth-order valence-electron chi connectivity index (χ4n) is 5.97. The first-order valence-electron chi connectivity index (χ1n) is 18.6. The Labute approximate surface area is 345 Å². The molecule has 0 bridgehead atoms. The van der Waals surface area contributed by atoms with Crippen molar-refractivity contribution >= 4 is 47.8 Å². The molecule has 1 N–H and O–H groups in total. The molecule has 4 aromatic rings. The van der Waals surface area contributed by atoms with Crippen LogP contribution in [0.3, 0.4) is 0 Å². The fraction of sp³-hybridized carbons (Fsp3) is 0.381. The number of ether oxygens (including phenoxy) is 4. The molecule has 2 aromatic carbocycles. The van der Waals surface area contributed by atoms with Crippen molar-refractivity contribution < 1.29 is 66.5 Å². The molecule has 2 aliphatic heterocycles. The number of aromatic carboxylic acids is 1. The van der Waals surface area contributed by atoms with Crippen molar-refractivity contribution in [3.63, 3.8) is 0 Å². The first-order valence-corrected chi connectivity index (χ1v) is 19.0. The second kappa shape index (κ2) is 24.4. The Hall–Kier alpha value is -6.38. The van der Waals surface area contributed by atoms with E-state index in [1.165, 1.54) is 29.5 Å². The van der Waals surface area contributed by atoms with Gasteiger partial charge in [0, 0.05) is 26.1 Å². The van der Waals surface area contributed by atoms with E-state index in [4.69, 9.17) is 54.1 Å². The predicted octanol–water partition coefficient (Wildman–Crippen LogP) is 7.55. The molecule has 2 fully saturated rings. The van der Waals surface area contributed by atoms with Gasteiger partial charge in [-0.2, -0.15) is 9.59 Å². The largest absolute Gasteiger partial charge is 0.475 e. The lowest BCUT2D eigenvalue weighted by molar-refractivity contribution is -0.191. The molecule has 6 rings (SSSR count). The van der Waals surface area contributed by atoms with E-state index in [2.05, 4.69) is 12.1 Å². The Morgan fingerprint density at radius 1 is 0.746 bits per heavy atom. The molecule has 2 unspecified atom stereocenters. The molecule has 2 aromatic heterocycles. The highest BCUT2D eigenvalue weighted by Gasteiger charge is 2.37. The third-order valence-corrected chi connectivity index (χ3v) is 8.69. The highest BCUT2D eigenvalue weighted by molar-refractivity contribution is 6.19. The third kappa shape index (κ3) is 16.2. The molecule has 2 aliphatic rings. The summed E-state index contributed by atoms with van der Waals surface area (Å²) in [6.07, 6.45) is 2.16. The molecule has 16 nitrogen and oxygen atoms in total. The highest BCUT2D eigenvalue weighted by Crippen LogP contribution is 2.23. The van der Waals surface area contributed by atoms with Crippen LogP contribution in [0.4, 0.5) is 9.59 Å². The van der Waals surface area contributed by atoms with Gasteiger partial charge in [-0.25, -0.2) is 24.0 Å². The summed E-state index contributed by atoms with van der Waals surface area (Å²) in [6, 6.07) is 25.2. The van der Waals surface area contributed by atoms with E-state index >= 15 is 0 Å². The van der Waals surface area contributed by atoms with Gasteiger partial charge < -0.3 is 37.8 Å². The summed E-state index contributed by atoms with van der Waals surface area (Å²) < 4.78 is 30.5. The van der Waals surface area contributed by atoms with E-state index in [0.29, 0.717) is 30.9 Å². The number of benzene rings is 2. The van der Waals surface area contributed by atoms with Crippen LogP contribution in [-0.2, 0) is 46.4 Å². The Morgan fingerprint density at radius 2 is 1.27 bits per heavy atom. The maximum Gasteiger partial charge on any atom is 0.413 e. The van der Waals surface area contributed by atoms with Gasteiger partial charge in [-0.15, -0.1) is 0 Å². The van der Waals surface area contributed by atoms with Gasteiger partial charge in [0.25, 0.3) is 0 Å². The number of esters is 2. The number of aryl methyl sites for hydroxylation is 2. The Kier molecular flexibility index (Phi) is 19.4. The van der Waals surface area contributed by atoms with Crippen molar-refractivity contribution in [3.8, 4) is 0 Å². The van der Waals surface area contributed by atoms with Crippen LogP contribution in [0.2, 0.25) is 0 Å². The molecule has 4 atom stereocenters. The zero-order valence-corrected chi connectivity index (χ0v) is 33.8. The summed E-state index contributed by atoms with van der Waals surface area (Å²) in [7, 11) is 0. The van der Waals surface area contributed by atoms with Gasteiger partial charge in [0.15, 0.2) is 5.56 Å². The molecular formula is C42H47ClN2O14. The van der Waals surface area contributed by atoms with Gasteiger partial charge in [-0.3, -0.25) is 4.90 Å². The summed E-state index contributed by atoms with van der Waals surface area (Å²) in [5.41, 5.74) is 1.54. The third-order valence-electron chi connectivity index (χ3n) is 8.60. The summed E-state index contributed by atoms with van der Waals surface area (Å²) >= 11 is 5.69. The van der Waals surface area contributed by atoms with E-state index < -0.39 is 41.9 Å². The molecule has 0 saturated carbocycles. The Balaban J connectivity index is 0.000000261. The van der Waals surface area contributed by atoms with E-state index in [-0.39, 0.29) is 36.4 Å². The number of carbonyl (C=O) groups is 5. The van der Waals surface area contributed by atoms with E-state index in [1.807, 2.05) is 48.5 Å². The number of carboxylic acids is 1. The van der Waals surface area contributed by atoms with Crippen LogP contribution >= 0.6 is 11.6 Å². The molecule has 0 radical (unpaired) electrons. The van der Waals surface area contributed by atoms with Crippen LogP contribution in [-0.4, -0.2) is 88.2 Å². The number of furan rings is 2. The van der Waals surface area contributed by atoms with Crippen LogP contribution < -0.4 is 0 Å². The van der Waals surface area contributed by atoms with Crippen LogP contribution in [0.25, 0.3) is 0 Å². The summed E-state index contributed by atoms with van der Waals surface area (Å²) in [5, 5.41) is 8.30. The highest BCUT2D eigenvalue weighted by atomic mass is 35.5. The van der Waals surface area contributed by atoms with Crippen LogP contribution in [0, 0.1) is 13.8 Å². The zero-order valence-electron chi connectivity index (χ0n) is 33.1. The van der Waals surface area contributed by atoms with Gasteiger partial charge in [0.2, 0.25) is 17.8 Å². The lowest BCUT2D eigenvalue weighted by Crippen LogP contribution is -2.43. The topological polar surface area (TPSA) is 209 Å². The zero-order chi connectivity index (χ0) is 43.3. The summed E-state index contributed by atoms with van der Waals surface area (Å²) in [6.45, 7) is 7.74. The van der Waals surface area contributed by atoms with Crippen LogP contribution in [0.15, 0.2) is 93.8 Å². The minimum absolute atomic E-state index is 0.00694. The molecule has 0 spiro atoms. The van der Waals surface area contributed by atoms with Crippen molar-refractivity contribution in [1.82, 2.24) is 9.80 Å². The average Bonchev–Trinajstić information content (AvgIpc) is 4.04. The van der Waals surface area contributed by atoms with Crippen LogP contribution in [0.1, 0.15) is 83.3 Å². The Bertz CT molecular complexity index is 1970. The normalized spacial score (nSPS) is 16.2. The fourth-order valence-corrected chi connectivity index (χ4v) is 6.05. The number of likely N-dealkylation sites (tertiary alicyclic amines) is 2. The van der Waals surface area contributed by atoms with E-state index in [9.17, 15) is 24.0 Å². The second-order valence-corrected chi connectivity index (χ2v) is 13.7. The van der Waals surface area contributed by atoms with Gasteiger partial charge in [-0.1, -0.05) is 72.3 Å². The van der Waals surface area contributed by atoms with Gasteiger partial charge in [0.1, 0.15) is 24.2 Å². The minimum Gasteiger partial charge on any atom is -0.475 e. The van der Waals surface area contributed by atoms with Crippen molar-refractivity contribution in [1.29, 1.82) is 0 Å². The summed E-state index contributed by atoms with van der Waals surface area (Å²) in [4.78, 5) is 78.2. The number of rotatable bonds is 10. The first kappa shape index (κ1) is 47.0. The maximum atomic E-state index is 12.4. The number of halogens is 1. The minimum atomic E-state index is -1.14. The number of amides is 2. The smallest absolute Gasteiger partial charge is 0.413 e. The van der Waals surface area contributed by atoms with Crippen molar-refractivity contribution in [2.24, 2.45) is 0 Å². The number of carboxylic acid groups (broad SMARTS) is 1. The lowest BCUT2D eigenvalue weighted by atomic mass is 10.0. The molecule has 316 valence electrons. The number of hydrogen-bond donors (Lipinski definition) is 1. The van der Waals surface area contributed by atoms with E-state index in [0.717, 1.165) is 31.4 Å². The number of nitrogens with zero attached hydrogens (tertiary/aromatic N) is 2. The number of alkyl halides is 1. The van der Waals surface area contributed by atoms with E-state index in [1.54, 1.807) is 37.8 Å². The monoisotopic (exact) mass is 838 g/mol. The molecule has 17 heteroatoms. The molecule has 2 amide bonds. The second-order valence-electron chi connectivity index (χ2n) is 13.1.